The van der Waals surface area contributed by atoms with Gasteiger partial charge in [0.05, 0.1) is 6.04 Å². The number of piperidine rings is 1. The second kappa shape index (κ2) is 7.71. The summed E-state index contributed by atoms with van der Waals surface area (Å²) in [4.78, 5) is 18.6. The molecule has 1 aliphatic rings. The summed E-state index contributed by atoms with van der Waals surface area (Å²) in [5.74, 6) is -0.958. The number of carboxylic acid groups (broad SMARTS) is 1. The molecule has 31 heavy (non-hydrogen) atoms. The third-order valence-electron chi connectivity index (χ3n) is 6.27. The number of rotatable bonds is 4. The van der Waals surface area contributed by atoms with E-state index in [-0.39, 0.29) is 17.4 Å². The Morgan fingerprint density at radius 2 is 1.84 bits per heavy atom. The van der Waals surface area contributed by atoms with Crippen LogP contribution in [-0.2, 0) is 0 Å². The molecule has 0 amide bonds. The summed E-state index contributed by atoms with van der Waals surface area (Å²) < 4.78 is 5.81. The zero-order valence-corrected chi connectivity index (χ0v) is 17.3. The molecule has 1 fully saturated rings. The summed E-state index contributed by atoms with van der Waals surface area (Å²) in [6.07, 6.45) is 8.06. The molecule has 0 bridgehead atoms. The quantitative estimate of drug-likeness (QED) is 0.471. The first kappa shape index (κ1) is 19.6. The number of aryl methyl sites for hydroxylation is 1. The molecule has 4 aromatic rings. The van der Waals surface area contributed by atoms with Gasteiger partial charge in [-0.05, 0) is 56.6 Å². The van der Waals surface area contributed by atoms with Crippen LogP contribution in [0.5, 0.6) is 5.75 Å². The Morgan fingerprint density at radius 1 is 1.10 bits per heavy atom. The van der Waals surface area contributed by atoms with Crippen LogP contribution in [0, 0.1) is 6.92 Å². The van der Waals surface area contributed by atoms with E-state index in [0.29, 0.717) is 27.3 Å². The van der Waals surface area contributed by atoms with E-state index < -0.39 is 5.97 Å². The van der Waals surface area contributed by atoms with Crippen molar-refractivity contribution in [2.45, 2.75) is 32.2 Å². The smallest absolute Gasteiger partial charge is 0.339 e. The maximum Gasteiger partial charge on any atom is 0.339 e. The molecule has 6 heteroatoms. The predicted molar refractivity (Wildman–Crippen MR) is 119 cm³/mol. The summed E-state index contributed by atoms with van der Waals surface area (Å²) in [5, 5.41) is 23.3. The fraction of sp³-hybridized carbons (Fsp3) is 0.280. The first-order valence-corrected chi connectivity index (χ1v) is 10.6. The number of aromatic hydroxyl groups is 1. The molecule has 1 atom stereocenters. The van der Waals surface area contributed by atoms with Gasteiger partial charge < -0.3 is 14.6 Å². The number of phenols is 1. The molecular formula is C25H24N2O4. The van der Waals surface area contributed by atoms with E-state index in [0.717, 1.165) is 37.1 Å². The second-order valence-corrected chi connectivity index (χ2v) is 8.25. The van der Waals surface area contributed by atoms with Crippen molar-refractivity contribution < 1.29 is 19.4 Å². The SMILES string of the molecule is Cc1ccc2c(c1)c(O)c(C(c1ccncc1)N1CCCCC1)c1c(C(=O)O)coc12. The molecule has 5 rings (SSSR count). The largest absolute Gasteiger partial charge is 0.507 e. The van der Waals surface area contributed by atoms with Crippen molar-refractivity contribution in [3.8, 4) is 5.75 Å². The molecule has 3 heterocycles. The van der Waals surface area contributed by atoms with Gasteiger partial charge in [-0.25, -0.2) is 4.79 Å². The van der Waals surface area contributed by atoms with E-state index >= 15 is 0 Å². The number of carboxylic acids is 1. The first-order valence-electron chi connectivity index (χ1n) is 10.6. The molecule has 0 radical (unpaired) electrons. The van der Waals surface area contributed by atoms with Crippen LogP contribution >= 0.6 is 0 Å². The van der Waals surface area contributed by atoms with Gasteiger partial charge in [-0.2, -0.15) is 0 Å². The van der Waals surface area contributed by atoms with Crippen LogP contribution in [0.15, 0.2) is 53.4 Å². The van der Waals surface area contributed by atoms with Crippen molar-refractivity contribution in [1.82, 2.24) is 9.88 Å². The van der Waals surface area contributed by atoms with E-state index in [4.69, 9.17) is 4.42 Å². The molecule has 2 N–H and O–H groups in total. The zero-order valence-electron chi connectivity index (χ0n) is 17.3. The van der Waals surface area contributed by atoms with Gasteiger partial charge in [0, 0.05) is 34.1 Å². The minimum absolute atomic E-state index is 0.0684. The average molecular weight is 416 g/mol. The highest BCUT2D eigenvalue weighted by Crippen LogP contribution is 2.46. The van der Waals surface area contributed by atoms with Crippen LogP contribution in [0.4, 0.5) is 0 Å². The van der Waals surface area contributed by atoms with E-state index in [1.807, 2.05) is 37.3 Å². The Bertz CT molecular complexity index is 1270. The molecular weight excluding hydrogens is 392 g/mol. The summed E-state index contributed by atoms with van der Waals surface area (Å²) >= 11 is 0. The number of pyridine rings is 1. The van der Waals surface area contributed by atoms with Crippen LogP contribution in [0.3, 0.4) is 0 Å². The second-order valence-electron chi connectivity index (χ2n) is 8.25. The summed E-state index contributed by atoms with van der Waals surface area (Å²) in [5.41, 5.74) is 3.14. The van der Waals surface area contributed by atoms with Gasteiger partial charge in [-0.15, -0.1) is 0 Å². The topological polar surface area (TPSA) is 86.8 Å². The summed E-state index contributed by atoms with van der Waals surface area (Å²) in [6, 6.07) is 9.32. The van der Waals surface area contributed by atoms with Gasteiger partial charge in [0.15, 0.2) is 0 Å². The zero-order chi connectivity index (χ0) is 21.5. The standard InChI is InChI=1S/C25H24N2O4/c1-15-5-6-17-18(13-15)23(28)21(20-19(25(29)30)14-31-24(17)20)22(16-7-9-26-10-8-16)27-11-3-2-4-12-27/h5-10,13-14,22,28H,2-4,11-12H2,1H3,(H,29,30). The highest BCUT2D eigenvalue weighted by atomic mass is 16.4. The molecule has 0 aliphatic carbocycles. The number of furan rings is 1. The fourth-order valence-electron chi connectivity index (χ4n) is 4.84. The lowest BCUT2D eigenvalue weighted by Crippen LogP contribution is -2.34. The van der Waals surface area contributed by atoms with E-state index in [1.165, 1.54) is 12.7 Å². The van der Waals surface area contributed by atoms with Crippen LogP contribution in [0.25, 0.3) is 21.7 Å². The van der Waals surface area contributed by atoms with Crippen molar-refractivity contribution >= 4 is 27.7 Å². The van der Waals surface area contributed by atoms with E-state index in [9.17, 15) is 15.0 Å². The Labute approximate surface area is 179 Å². The van der Waals surface area contributed by atoms with E-state index in [2.05, 4.69) is 9.88 Å². The number of aromatic carboxylic acids is 1. The third kappa shape index (κ3) is 3.24. The molecule has 158 valence electrons. The molecule has 1 aliphatic heterocycles. The lowest BCUT2D eigenvalue weighted by Gasteiger charge is -2.36. The van der Waals surface area contributed by atoms with Crippen molar-refractivity contribution in [2.24, 2.45) is 0 Å². The van der Waals surface area contributed by atoms with Crippen LogP contribution < -0.4 is 0 Å². The monoisotopic (exact) mass is 416 g/mol. The normalized spacial score (nSPS) is 16.0. The number of aromatic nitrogens is 1. The Hall–Kier alpha value is -3.38. The van der Waals surface area contributed by atoms with Crippen molar-refractivity contribution in [3.05, 3.63) is 71.2 Å². The van der Waals surface area contributed by atoms with Gasteiger partial charge in [0.25, 0.3) is 0 Å². The predicted octanol–water partition coefficient (Wildman–Crippen LogP) is 5.27. The van der Waals surface area contributed by atoms with Gasteiger partial charge in [0.2, 0.25) is 0 Å². The maximum atomic E-state index is 12.1. The first-order chi connectivity index (χ1) is 15.1. The molecule has 2 aromatic carbocycles. The number of phenolic OH excluding ortho intramolecular Hbond substituents is 1. The molecule has 1 unspecified atom stereocenters. The van der Waals surface area contributed by atoms with Gasteiger partial charge in [0.1, 0.15) is 23.2 Å². The van der Waals surface area contributed by atoms with Gasteiger partial charge in [-0.3, -0.25) is 9.88 Å². The molecule has 1 saturated heterocycles. The lowest BCUT2D eigenvalue weighted by molar-refractivity contribution is 0.0698. The number of carbonyl (C=O) groups is 1. The van der Waals surface area contributed by atoms with Crippen molar-refractivity contribution in [1.29, 1.82) is 0 Å². The van der Waals surface area contributed by atoms with Crippen molar-refractivity contribution in [2.75, 3.05) is 13.1 Å². The molecule has 0 spiro atoms. The number of likely N-dealkylation sites (tertiary alicyclic amines) is 1. The van der Waals surface area contributed by atoms with Crippen molar-refractivity contribution in [3.63, 3.8) is 0 Å². The number of benzene rings is 2. The van der Waals surface area contributed by atoms with Crippen LogP contribution in [-0.4, -0.2) is 39.2 Å². The Balaban J connectivity index is 1.90. The molecule has 6 nitrogen and oxygen atoms in total. The number of hydrogen-bond acceptors (Lipinski definition) is 5. The Kier molecular flexibility index (Phi) is 4.87. The average Bonchev–Trinajstić information content (AvgIpc) is 3.23. The molecule has 0 saturated carbocycles. The van der Waals surface area contributed by atoms with Crippen LogP contribution in [0.2, 0.25) is 0 Å². The number of hydrogen-bond donors (Lipinski definition) is 2. The number of fused-ring (bicyclic) bond motifs is 3. The fourth-order valence-corrected chi connectivity index (χ4v) is 4.84. The highest BCUT2D eigenvalue weighted by molar-refractivity contribution is 6.15. The van der Waals surface area contributed by atoms with E-state index in [1.54, 1.807) is 12.4 Å². The summed E-state index contributed by atoms with van der Waals surface area (Å²) in [6.45, 7) is 3.72. The minimum atomic E-state index is -1.07. The third-order valence-corrected chi connectivity index (χ3v) is 6.27. The summed E-state index contributed by atoms with van der Waals surface area (Å²) in [7, 11) is 0. The minimum Gasteiger partial charge on any atom is -0.507 e. The maximum absolute atomic E-state index is 12.1. The number of nitrogens with zero attached hydrogens (tertiary/aromatic N) is 2. The Morgan fingerprint density at radius 3 is 2.55 bits per heavy atom. The van der Waals surface area contributed by atoms with Gasteiger partial charge >= 0.3 is 5.97 Å². The lowest BCUT2D eigenvalue weighted by atomic mass is 9.88. The van der Waals surface area contributed by atoms with Gasteiger partial charge in [-0.1, -0.05) is 24.1 Å². The molecule has 2 aromatic heterocycles. The van der Waals surface area contributed by atoms with Crippen LogP contribution in [0.1, 0.15) is 52.4 Å². The highest BCUT2D eigenvalue weighted by Gasteiger charge is 2.32.